The van der Waals surface area contributed by atoms with Crippen molar-refractivity contribution < 1.29 is 9.13 Å². The van der Waals surface area contributed by atoms with E-state index in [-0.39, 0.29) is 17.5 Å². The second kappa shape index (κ2) is 5.61. The molecule has 0 spiro atoms. The van der Waals surface area contributed by atoms with E-state index in [1.54, 1.807) is 19.2 Å². The second-order valence-corrected chi connectivity index (χ2v) is 4.80. The summed E-state index contributed by atoms with van der Waals surface area (Å²) in [4.78, 5) is 0. The molecule has 0 aliphatic rings. The molecule has 1 aromatic carbocycles. The van der Waals surface area contributed by atoms with Gasteiger partial charge < -0.3 is 10.1 Å². The van der Waals surface area contributed by atoms with Crippen molar-refractivity contribution in [3.8, 4) is 0 Å². The van der Waals surface area contributed by atoms with Gasteiger partial charge in [-0.05, 0) is 50.6 Å². The Bertz CT molecular complexity index is 376. The molecule has 1 aromatic rings. The van der Waals surface area contributed by atoms with E-state index in [4.69, 9.17) is 4.74 Å². The third-order valence-electron chi connectivity index (χ3n) is 3.18. The highest BCUT2D eigenvalue weighted by atomic mass is 19.1. The first-order valence-electron chi connectivity index (χ1n) is 5.97. The minimum absolute atomic E-state index is 0.0202. The minimum atomic E-state index is -0.380. The lowest BCUT2D eigenvalue weighted by Gasteiger charge is -2.35. The third kappa shape index (κ3) is 3.27. The van der Waals surface area contributed by atoms with Crippen LogP contribution in [0.2, 0.25) is 0 Å². The van der Waals surface area contributed by atoms with Crippen LogP contribution in [-0.4, -0.2) is 19.3 Å². The van der Waals surface area contributed by atoms with Gasteiger partial charge in [0.1, 0.15) is 5.82 Å². The average Bonchev–Trinajstić information content (AvgIpc) is 2.29. The number of rotatable bonds is 5. The number of benzene rings is 1. The van der Waals surface area contributed by atoms with Gasteiger partial charge in [0.25, 0.3) is 0 Å². The van der Waals surface area contributed by atoms with Crippen LogP contribution in [0.1, 0.15) is 37.9 Å². The van der Waals surface area contributed by atoms with E-state index in [2.05, 4.69) is 5.32 Å². The van der Waals surface area contributed by atoms with Gasteiger partial charge in [0, 0.05) is 7.11 Å². The highest BCUT2D eigenvalue weighted by molar-refractivity contribution is 5.31. The molecule has 17 heavy (non-hydrogen) atoms. The summed E-state index contributed by atoms with van der Waals surface area (Å²) in [6.45, 7) is 8.85. The third-order valence-corrected chi connectivity index (χ3v) is 3.18. The molecule has 96 valence electrons. The predicted octanol–water partition coefficient (Wildman–Crippen LogP) is 3.21. The van der Waals surface area contributed by atoms with Crippen molar-refractivity contribution in [1.82, 2.24) is 5.32 Å². The molecule has 0 aliphatic heterocycles. The zero-order valence-electron chi connectivity index (χ0n) is 11.3. The zero-order valence-corrected chi connectivity index (χ0v) is 11.3. The Hall–Kier alpha value is -0.930. The first-order chi connectivity index (χ1) is 7.92. The van der Waals surface area contributed by atoms with E-state index in [0.717, 1.165) is 17.7 Å². The maximum absolute atomic E-state index is 13.4. The van der Waals surface area contributed by atoms with Crippen LogP contribution in [0.5, 0.6) is 0 Å². The van der Waals surface area contributed by atoms with Crippen molar-refractivity contribution >= 4 is 0 Å². The van der Waals surface area contributed by atoms with Crippen LogP contribution in [0, 0.1) is 12.7 Å². The molecule has 0 radical (unpaired) electrons. The Morgan fingerprint density at radius 3 is 2.59 bits per heavy atom. The molecule has 0 fully saturated rings. The Morgan fingerprint density at radius 1 is 1.41 bits per heavy atom. The molecule has 0 saturated heterocycles. The lowest BCUT2D eigenvalue weighted by molar-refractivity contribution is -0.0109. The van der Waals surface area contributed by atoms with Crippen LogP contribution in [-0.2, 0) is 4.74 Å². The summed E-state index contributed by atoms with van der Waals surface area (Å²) < 4.78 is 18.9. The van der Waals surface area contributed by atoms with Crippen molar-refractivity contribution in [2.24, 2.45) is 0 Å². The molecule has 1 unspecified atom stereocenters. The van der Waals surface area contributed by atoms with E-state index < -0.39 is 0 Å². The number of aryl methyl sites for hydroxylation is 1. The van der Waals surface area contributed by atoms with Gasteiger partial charge in [-0.25, -0.2) is 4.39 Å². The normalized spacial score (nSPS) is 13.8. The van der Waals surface area contributed by atoms with Crippen LogP contribution in [0.4, 0.5) is 4.39 Å². The van der Waals surface area contributed by atoms with Crippen LogP contribution in [0.15, 0.2) is 18.2 Å². The fraction of sp³-hybridized carbons (Fsp3) is 0.571. The summed E-state index contributed by atoms with van der Waals surface area (Å²) in [5.41, 5.74) is 1.65. The number of likely N-dealkylation sites (N-methyl/N-ethyl adjacent to an activating group) is 1. The first-order valence-corrected chi connectivity index (χ1v) is 5.97. The molecule has 0 amide bonds. The van der Waals surface area contributed by atoms with E-state index in [1.807, 2.05) is 27.7 Å². The van der Waals surface area contributed by atoms with E-state index in [9.17, 15) is 4.39 Å². The van der Waals surface area contributed by atoms with Gasteiger partial charge in [-0.3, -0.25) is 0 Å². The summed E-state index contributed by atoms with van der Waals surface area (Å²) in [5.74, 6) is -0.208. The van der Waals surface area contributed by atoms with Crippen LogP contribution in [0.25, 0.3) is 0 Å². The van der Waals surface area contributed by atoms with Crippen LogP contribution >= 0.6 is 0 Å². The van der Waals surface area contributed by atoms with Gasteiger partial charge in [-0.1, -0.05) is 13.0 Å². The maximum atomic E-state index is 13.4. The van der Waals surface area contributed by atoms with Gasteiger partial charge in [0.2, 0.25) is 0 Å². The van der Waals surface area contributed by atoms with Gasteiger partial charge >= 0.3 is 0 Å². The van der Waals surface area contributed by atoms with Gasteiger partial charge in [-0.2, -0.15) is 0 Å². The maximum Gasteiger partial charge on any atom is 0.123 e. The molecular weight excluding hydrogens is 217 g/mol. The van der Waals surface area contributed by atoms with E-state index in [1.165, 1.54) is 6.07 Å². The highest BCUT2D eigenvalue weighted by Gasteiger charge is 2.31. The largest absolute Gasteiger partial charge is 0.377 e. The molecule has 0 aliphatic carbocycles. The summed E-state index contributed by atoms with van der Waals surface area (Å²) >= 11 is 0. The van der Waals surface area contributed by atoms with E-state index >= 15 is 0 Å². The van der Waals surface area contributed by atoms with E-state index in [0.29, 0.717) is 0 Å². The number of methoxy groups -OCH3 is 1. The number of hydrogen-bond acceptors (Lipinski definition) is 2. The molecule has 0 heterocycles. The zero-order chi connectivity index (χ0) is 13.1. The predicted molar refractivity (Wildman–Crippen MR) is 68.6 cm³/mol. The fourth-order valence-electron chi connectivity index (χ4n) is 1.97. The van der Waals surface area contributed by atoms with Crippen molar-refractivity contribution in [2.75, 3.05) is 13.7 Å². The molecule has 0 aromatic heterocycles. The summed E-state index contributed by atoms with van der Waals surface area (Å²) in [6.07, 6.45) is 0. The Morgan fingerprint density at radius 2 is 2.06 bits per heavy atom. The topological polar surface area (TPSA) is 21.3 Å². The lowest BCUT2D eigenvalue weighted by Crippen LogP contribution is -2.41. The molecule has 0 saturated carbocycles. The second-order valence-electron chi connectivity index (χ2n) is 4.80. The Kier molecular flexibility index (Phi) is 4.66. The number of ether oxygens (including phenoxy) is 1. The smallest absolute Gasteiger partial charge is 0.123 e. The SMILES string of the molecule is CCNC(c1cc(F)ccc1C)C(C)(C)OC. The standard InChI is InChI=1S/C14H22FNO/c1-6-16-13(14(3,4)17-5)12-9-11(15)8-7-10(12)2/h7-9,13,16H,6H2,1-5H3. The van der Waals surface area contributed by atoms with Crippen LogP contribution in [0.3, 0.4) is 0 Å². The van der Waals surface area contributed by atoms with Crippen molar-refractivity contribution in [3.05, 3.63) is 35.1 Å². The highest BCUT2D eigenvalue weighted by Crippen LogP contribution is 2.30. The van der Waals surface area contributed by atoms with Crippen molar-refractivity contribution in [1.29, 1.82) is 0 Å². The van der Waals surface area contributed by atoms with Crippen molar-refractivity contribution in [3.63, 3.8) is 0 Å². The molecular formula is C14H22FNO. The molecule has 1 rings (SSSR count). The van der Waals surface area contributed by atoms with Gasteiger partial charge in [-0.15, -0.1) is 0 Å². The number of nitrogens with one attached hydrogen (secondary N) is 1. The first kappa shape index (κ1) is 14.1. The molecule has 1 atom stereocenters. The average molecular weight is 239 g/mol. The fourth-order valence-corrected chi connectivity index (χ4v) is 1.97. The summed E-state index contributed by atoms with van der Waals surface area (Å²) in [7, 11) is 1.68. The summed E-state index contributed by atoms with van der Waals surface area (Å²) in [6, 6.07) is 4.86. The minimum Gasteiger partial charge on any atom is -0.377 e. The quantitative estimate of drug-likeness (QED) is 0.852. The van der Waals surface area contributed by atoms with Gasteiger partial charge in [0.15, 0.2) is 0 Å². The Labute approximate surface area is 103 Å². The monoisotopic (exact) mass is 239 g/mol. The Balaban J connectivity index is 3.17. The molecule has 0 bridgehead atoms. The molecule has 3 heteroatoms. The molecule has 1 N–H and O–H groups in total. The summed E-state index contributed by atoms with van der Waals surface area (Å²) in [5, 5.41) is 3.37. The number of halogens is 1. The van der Waals surface area contributed by atoms with Crippen molar-refractivity contribution in [2.45, 2.75) is 39.3 Å². The molecule has 2 nitrogen and oxygen atoms in total. The van der Waals surface area contributed by atoms with Crippen LogP contribution < -0.4 is 5.32 Å². The van der Waals surface area contributed by atoms with Gasteiger partial charge in [0.05, 0.1) is 11.6 Å². The lowest BCUT2D eigenvalue weighted by atomic mass is 9.89. The number of hydrogen-bond donors (Lipinski definition) is 1.